The number of nitrogens with one attached hydrogen (secondary N) is 1. The van der Waals surface area contributed by atoms with Crippen LogP contribution in [0.3, 0.4) is 0 Å². The largest absolute Gasteiger partial charge is 0.588 e. The predicted octanol–water partition coefficient (Wildman–Crippen LogP) is 3.58. The molecule has 0 radical (unpaired) electrons. The molecule has 0 amide bonds. The number of nitrogens with zero attached hydrogens (tertiary/aromatic N) is 1. The van der Waals surface area contributed by atoms with Crippen molar-refractivity contribution in [2.24, 2.45) is 0 Å². The summed E-state index contributed by atoms with van der Waals surface area (Å²) in [7, 11) is 0. The minimum absolute atomic E-state index is 0.0453. The third-order valence-corrected chi connectivity index (χ3v) is 6.01. The van der Waals surface area contributed by atoms with Gasteiger partial charge in [0.15, 0.2) is 11.5 Å². The number of fused-ring (bicyclic) bond motifs is 1. The van der Waals surface area contributed by atoms with Crippen LogP contribution >= 0.6 is 11.3 Å². The Labute approximate surface area is 163 Å². The van der Waals surface area contributed by atoms with Gasteiger partial charge in [0.2, 0.25) is 5.43 Å². The van der Waals surface area contributed by atoms with E-state index in [1.807, 2.05) is 34.5 Å². The highest BCUT2D eigenvalue weighted by molar-refractivity contribution is 7.95. The second kappa shape index (κ2) is 7.77. The molecule has 0 bridgehead atoms. The van der Waals surface area contributed by atoms with E-state index in [-0.39, 0.29) is 5.43 Å². The smallest absolute Gasteiger partial charge is 0.204 e. The van der Waals surface area contributed by atoms with E-state index in [0.29, 0.717) is 48.2 Å². The number of thiophene rings is 1. The molecular weight excluding hydrogens is 384 g/mol. The Bertz CT molecular complexity index is 1020. The zero-order valence-electron chi connectivity index (χ0n) is 14.5. The molecule has 3 aromatic rings. The van der Waals surface area contributed by atoms with Crippen LogP contribution in [-0.2, 0) is 16.1 Å². The molecule has 1 aliphatic rings. The summed E-state index contributed by atoms with van der Waals surface area (Å²) in [4.78, 5) is 14.6. The molecule has 140 valence electrons. The SMILES string of the molecule is C=C[S+]([O-])Nc1cccc(-c2csc3c(=O)cc(N4CCOCC4)oc23)c1. The Morgan fingerprint density at radius 3 is 2.89 bits per heavy atom. The molecule has 1 saturated heterocycles. The zero-order valence-corrected chi connectivity index (χ0v) is 16.1. The van der Waals surface area contributed by atoms with Crippen molar-refractivity contribution < 1.29 is 13.7 Å². The van der Waals surface area contributed by atoms with Gasteiger partial charge >= 0.3 is 0 Å². The van der Waals surface area contributed by atoms with Gasteiger partial charge in [-0.25, -0.2) is 4.72 Å². The Kier molecular flexibility index (Phi) is 5.22. The molecular formula is C19H18N2O4S2. The second-order valence-corrected chi connectivity index (χ2v) is 8.01. The van der Waals surface area contributed by atoms with Crippen molar-refractivity contribution in [1.82, 2.24) is 0 Å². The zero-order chi connectivity index (χ0) is 18.8. The first-order valence-electron chi connectivity index (χ1n) is 8.44. The summed E-state index contributed by atoms with van der Waals surface area (Å²) in [6, 6.07) is 9.06. The maximum atomic E-state index is 12.6. The molecule has 1 aromatic carbocycles. The molecule has 6 nitrogen and oxygen atoms in total. The van der Waals surface area contributed by atoms with E-state index in [1.165, 1.54) is 16.7 Å². The van der Waals surface area contributed by atoms with Crippen LogP contribution in [0.4, 0.5) is 11.6 Å². The number of anilines is 2. The predicted molar refractivity (Wildman–Crippen MR) is 111 cm³/mol. The van der Waals surface area contributed by atoms with Gasteiger partial charge in [-0.05, 0) is 24.3 Å². The van der Waals surface area contributed by atoms with E-state index in [0.717, 1.165) is 11.1 Å². The molecule has 1 unspecified atom stereocenters. The summed E-state index contributed by atoms with van der Waals surface area (Å²) < 4.78 is 26.6. The average molecular weight is 402 g/mol. The van der Waals surface area contributed by atoms with Crippen LogP contribution in [0.1, 0.15) is 0 Å². The molecule has 0 saturated carbocycles. The van der Waals surface area contributed by atoms with E-state index < -0.39 is 11.4 Å². The summed E-state index contributed by atoms with van der Waals surface area (Å²) in [6.07, 6.45) is 0. The Hall–Kier alpha value is -2.26. The number of benzene rings is 1. The topological polar surface area (TPSA) is 77.8 Å². The van der Waals surface area contributed by atoms with Crippen molar-refractivity contribution >= 4 is 44.6 Å². The van der Waals surface area contributed by atoms with Gasteiger partial charge in [0.25, 0.3) is 0 Å². The first-order valence-corrected chi connectivity index (χ1v) is 10.5. The van der Waals surface area contributed by atoms with Crippen LogP contribution in [0.15, 0.2) is 56.9 Å². The minimum atomic E-state index is -1.35. The van der Waals surface area contributed by atoms with Crippen LogP contribution in [-0.4, -0.2) is 30.9 Å². The molecule has 1 atom stereocenters. The first-order chi connectivity index (χ1) is 13.2. The van der Waals surface area contributed by atoms with Crippen molar-refractivity contribution in [2.75, 3.05) is 35.9 Å². The summed E-state index contributed by atoms with van der Waals surface area (Å²) in [5.74, 6) is 0.567. The van der Waals surface area contributed by atoms with Crippen molar-refractivity contribution in [2.45, 2.75) is 0 Å². The fourth-order valence-electron chi connectivity index (χ4n) is 2.98. The van der Waals surface area contributed by atoms with Crippen LogP contribution in [0.2, 0.25) is 0 Å². The summed E-state index contributed by atoms with van der Waals surface area (Å²) in [5.41, 5.74) is 2.97. The maximum Gasteiger partial charge on any atom is 0.204 e. The highest BCUT2D eigenvalue weighted by atomic mass is 32.2. The van der Waals surface area contributed by atoms with E-state index >= 15 is 0 Å². The minimum Gasteiger partial charge on any atom is -0.588 e. The highest BCUT2D eigenvalue weighted by Crippen LogP contribution is 2.35. The second-order valence-electron chi connectivity index (χ2n) is 6.00. The molecule has 1 aliphatic heterocycles. The molecule has 0 spiro atoms. The fraction of sp³-hybridized carbons (Fsp3) is 0.211. The Balaban J connectivity index is 1.76. The first kappa shape index (κ1) is 18.1. The molecule has 1 N–H and O–H groups in total. The fourth-order valence-corrected chi connectivity index (χ4v) is 4.33. The lowest BCUT2D eigenvalue weighted by atomic mass is 10.1. The molecule has 8 heteroatoms. The van der Waals surface area contributed by atoms with E-state index in [2.05, 4.69) is 11.3 Å². The molecule has 2 aromatic heterocycles. The lowest BCUT2D eigenvalue weighted by Gasteiger charge is -2.27. The quantitative estimate of drug-likeness (QED) is 0.658. The average Bonchev–Trinajstić information content (AvgIpc) is 3.13. The van der Waals surface area contributed by atoms with Gasteiger partial charge in [-0.3, -0.25) is 4.79 Å². The third kappa shape index (κ3) is 3.74. The summed E-state index contributed by atoms with van der Waals surface area (Å²) >= 11 is 0.0226. The lowest BCUT2D eigenvalue weighted by molar-refractivity contribution is 0.121. The van der Waals surface area contributed by atoms with Crippen LogP contribution in [0.5, 0.6) is 0 Å². The number of morpholine rings is 1. The molecule has 27 heavy (non-hydrogen) atoms. The molecule has 1 fully saturated rings. The van der Waals surface area contributed by atoms with Crippen molar-refractivity contribution in [3.63, 3.8) is 0 Å². The molecule has 0 aliphatic carbocycles. The van der Waals surface area contributed by atoms with Gasteiger partial charge in [-0.2, -0.15) is 0 Å². The number of hydrogen-bond donors (Lipinski definition) is 1. The van der Waals surface area contributed by atoms with Gasteiger partial charge in [0, 0.05) is 30.1 Å². The number of hydrogen-bond acceptors (Lipinski definition) is 7. The Morgan fingerprint density at radius 1 is 1.30 bits per heavy atom. The van der Waals surface area contributed by atoms with E-state index in [4.69, 9.17) is 9.15 Å². The molecule has 4 rings (SSSR count). The lowest BCUT2D eigenvalue weighted by Crippen LogP contribution is -2.36. The monoisotopic (exact) mass is 402 g/mol. The standard InChI is InChI=1S/C19H18N2O4S2/c1-2-27(23)20-14-5-3-4-13(10-14)15-12-26-19-16(22)11-17(25-18(15)19)21-6-8-24-9-7-21/h2-5,10-12,20H,1,6-9H2. The Morgan fingerprint density at radius 2 is 2.11 bits per heavy atom. The van der Waals surface area contributed by atoms with Gasteiger partial charge in [0.1, 0.15) is 10.1 Å². The number of rotatable bonds is 5. The van der Waals surface area contributed by atoms with Crippen molar-refractivity contribution in [3.05, 3.63) is 57.9 Å². The van der Waals surface area contributed by atoms with Gasteiger partial charge in [-0.1, -0.05) is 12.1 Å². The van der Waals surface area contributed by atoms with Gasteiger partial charge in [-0.15, -0.1) is 11.3 Å². The van der Waals surface area contributed by atoms with Crippen molar-refractivity contribution in [1.29, 1.82) is 0 Å². The normalized spacial score (nSPS) is 15.7. The molecule has 3 heterocycles. The van der Waals surface area contributed by atoms with Crippen LogP contribution in [0, 0.1) is 0 Å². The van der Waals surface area contributed by atoms with Gasteiger partial charge < -0.3 is 18.6 Å². The van der Waals surface area contributed by atoms with E-state index in [1.54, 1.807) is 6.07 Å². The summed E-state index contributed by atoms with van der Waals surface area (Å²) in [5, 5.41) is 3.25. The maximum absolute atomic E-state index is 12.6. The van der Waals surface area contributed by atoms with E-state index in [9.17, 15) is 9.35 Å². The highest BCUT2D eigenvalue weighted by Gasteiger charge is 2.19. The van der Waals surface area contributed by atoms with Crippen molar-refractivity contribution in [3.8, 4) is 11.1 Å². The third-order valence-electron chi connectivity index (χ3n) is 4.30. The summed E-state index contributed by atoms with van der Waals surface area (Å²) in [6.45, 7) is 6.13. The van der Waals surface area contributed by atoms with Gasteiger partial charge in [0.05, 0.1) is 30.3 Å². The number of ether oxygens (including phenoxy) is 1. The van der Waals surface area contributed by atoms with Crippen LogP contribution in [0.25, 0.3) is 21.4 Å². The van der Waals surface area contributed by atoms with Crippen LogP contribution < -0.4 is 15.1 Å².